The van der Waals surface area contributed by atoms with Gasteiger partial charge in [0.1, 0.15) is 19.8 Å². The first-order valence-electron chi connectivity index (χ1n) is 12.9. The minimum absolute atomic E-state index is 0.000520. The summed E-state index contributed by atoms with van der Waals surface area (Å²) in [7, 11) is -1.07. The average Bonchev–Trinajstić information content (AvgIpc) is 2.81. The van der Waals surface area contributed by atoms with Gasteiger partial charge in [0.05, 0.1) is 6.61 Å². The van der Waals surface area contributed by atoms with E-state index in [-0.39, 0.29) is 19.8 Å². The summed E-state index contributed by atoms with van der Waals surface area (Å²) in [5.41, 5.74) is 0.301. The highest BCUT2D eigenvalue weighted by atomic mass is 28.3. The second-order valence-corrected chi connectivity index (χ2v) is 14.8. The number of alkyl carbamates (subject to hydrolysis) is 2. The van der Waals surface area contributed by atoms with E-state index in [0.717, 1.165) is 38.7 Å². The van der Waals surface area contributed by atoms with Gasteiger partial charge in [-0.1, -0.05) is 64.4 Å². The van der Waals surface area contributed by atoms with E-state index in [2.05, 4.69) is 37.2 Å². The van der Waals surface area contributed by atoms with Gasteiger partial charge >= 0.3 is 18.2 Å². The molecule has 0 saturated heterocycles. The van der Waals surface area contributed by atoms with Crippen LogP contribution in [-0.2, 0) is 23.7 Å². The van der Waals surface area contributed by atoms with E-state index in [1.54, 1.807) is 6.92 Å². The van der Waals surface area contributed by atoms with E-state index in [9.17, 15) is 14.4 Å². The van der Waals surface area contributed by atoms with Crippen molar-refractivity contribution in [1.82, 2.24) is 10.6 Å². The van der Waals surface area contributed by atoms with Gasteiger partial charge in [0.2, 0.25) is 0 Å². The molecule has 0 fully saturated rings. The number of ether oxygens (including phenoxy) is 4. The summed E-state index contributed by atoms with van der Waals surface area (Å²) in [6, 6.07) is 2.67. The highest BCUT2D eigenvalue weighted by molar-refractivity contribution is 6.77. The second-order valence-electron chi connectivity index (χ2n) is 9.44. The van der Waals surface area contributed by atoms with Crippen LogP contribution in [0.3, 0.4) is 0 Å². The molecule has 9 nitrogen and oxygen atoms in total. The van der Waals surface area contributed by atoms with Crippen LogP contribution in [0.1, 0.15) is 58.8 Å². The molecule has 204 valence electrons. The summed E-state index contributed by atoms with van der Waals surface area (Å²) in [4.78, 5) is 34.4. The molecule has 0 aromatic rings. The van der Waals surface area contributed by atoms with E-state index in [0.29, 0.717) is 25.3 Å². The van der Waals surface area contributed by atoms with E-state index >= 15 is 0 Å². The Hall–Kier alpha value is -2.07. The maximum absolute atomic E-state index is 11.7. The van der Waals surface area contributed by atoms with Gasteiger partial charge in [0.15, 0.2) is 0 Å². The molecule has 2 amide bonds. The zero-order chi connectivity index (χ0) is 26.4. The van der Waals surface area contributed by atoms with Crippen LogP contribution in [0.15, 0.2) is 12.2 Å². The van der Waals surface area contributed by atoms with Crippen LogP contribution in [0.4, 0.5) is 9.59 Å². The molecule has 0 aromatic carbocycles. The summed E-state index contributed by atoms with van der Waals surface area (Å²) in [5.74, 6) is -0.505. The van der Waals surface area contributed by atoms with Crippen LogP contribution in [0.5, 0.6) is 0 Å². The van der Waals surface area contributed by atoms with Crippen LogP contribution < -0.4 is 10.6 Å². The molecule has 0 bridgehead atoms. The van der Waals surface area contributed by atoms with E-state index in [1.807, 2.05) is 0 Å². The van der Waals surface area contributed by atoms with E-state index in [1.165, 1.54) is 24.9 Å². The summed E-state index contributed by atoms with van der Waals surface area (Å²) >= 11 is 0. The molecule has 0 radical (unpaired) electrons. The maximum Gasteiger partial charge on any atom is 0.407 e. The molecule has 0 heterocycles. The molecule has 2 N–H and O–H groups in total. The largest absolute Gasteiger partial charge is 0.459 e. The van der Waals surface area contributed by atoms with Crippen molar-refractivity contribution >= 4 is 26.2 Å². The summed E-state index contributed by atoms with van der Waals surface area (Å²) in [6.07, 6.45) is 6.20. The van der Waals surface area contributed by atoms with Gasteiger partial charge in [-0.05, 0) is 26.2 Å². The van der Waals surface area contributed by atoms with Crippen molar-refractivity contribution in [2.75, 3.05) is 46.1 Å². The third kappa shape index (κ3) is 22.2. The Labute approximate surface area is 212 Å². The molecular formula is C25H48N2O7Si. The maximum atomic E-state index is 11.7. The molecule has 0 aromatic heterocycles. The molecular weight excluding hydrogens is 468 g/mol. The standard InChI is InChI=1S/C25H48N2O7Si/c1-6-7-20-35(4,5)21-12-15-31-16-17-33-24(29)26-13-10-8-9-11-14-27-25(30)34-19-18-32-23(28)22(2)3/h2,6-21H2,1,3-5H3,(H,26,29)(H,27,30). The van der Waals surface area contributed by atoms with Crippen LogP contribution in [0, 0.1) is 0 Å². The smallest absolute Gasteiger partial charge is 0.407 e. The summed E-state index contributed by atoms with van der Waals surface area (Å²) < 4.78 is 20.4. The SMILES string of the molecule is C=C(C)C(=O)OCCOC(=O)NCCCCCCNC(=O)OCCOCCC[Si](C)(C)CCCC. The van der Waals surface area contributed by atoms with Crippen molar-refractivity contribution in [3.8, 4) is 0 Å². The Kier molecular flexibility index (Phi) is 20.0. The first-order valence-corrected chi connectivity index (χ1v) is 16.3. The lowest BCUT2D eigenvalue weighted by atomic mass is 10.2. The molecule has 0 aliphatic heterocycles. The van der Waals surface area contributed by atoms with Crippen molar-refractivity contribution in [3.63, 3.8) is 0 Å². The third-order valence-electron chi connectivity index (χ3n) is 5.35. The zero-order valence-corrected chi connectivity index (χ0v) is 23.4. The number of unbranched alkanes of at least 4 members (excludes halogenated alkanes) is 4. The normalized spacial score (nSPS) is 11.0. The number of carbonyl (C=O) groups excluding carboxylic acids is 3. The lowest BCUT2D eigenvalue weighted by molar-refractivity contribution is -0.139. The molecule has 0 saturated carbocycles. The number of rotatable bonds is 21. The van der Waals surface area contributed by atoms with Gasteiger partial charge in [0, 0.05) is 33.3 Å². The van der Waals surface area contributed by atoms with Crippen molar-refractivity contribution in [2.24, 2.45) is 0 Å². The Bertz CT molecular complexity index is 615. The van der Waals surface area contributed by atoms with Gasteiger partial charge in [-0.15, -0.1) is 0 Å². The van der Waals surface area contributed by atoms with Crippen LogP contribution in [0.25, 0.3) is 0 Å². The molecule has 0 aliphatic rings. The molecule has 10 heteroatoms. The lowest BCUT2D eigenvalue weighted by Gasteiger charge is -2.21. The number of hydrogen-bond donors (Lipinski definition) is 2. The second kappa shape index (κ2) is 21.2. The fraction of sp³-hybridized carbons (Fsp3) is 0.800. The number of hydrogen-bond acceptors (Lipinski definition) is 7. The first-order chi connectivity index (χ1) is 16.7. The van der Waals surface area contributed by atoms with Crippen molar-refractivity contribution in [1.29, 1.82) is 0 Å². The van der Waals surface area contributed by atoms with Crippen LogP contribution >= 0.6 is 0 Å². The highest BCUT2D eigenvalue weighted by Crippen LogP contribution is 2.20. The fourth-order valence-electron chi connectivity index (χ4n) is 3.21. The van der Waals surface area contributed by atoms with Gasteiger partial charge in [-0.25, -0.2) is 14.4 Å². The van der Waals surface area contributed by atoms with Gasteiger partial charge in [-0.3, -0.25) is 0 Å². The van der Waals surface area contributed by atoms with Gasteiger partial charge < -0.3 is 29.6 Å². The quantitative estimate of drug-likeness (QED) is 0.0723. The third-order valence-corrected chi connectivity index (χ3v) is 8.76. The zero-order valence-electron chi connectivity index (χ0n) is 22.4. The Balaban J connectivity index is 3.43. The van der Waals surface area contributed by atoms with E-state index in [4.69, 9.17) is 18.9 Å². The molecule has 0 aliphatic carbocycles. The molecule has 0 rings (SSSR count). The van der Waals surface area contributed by atoms with Crippen LogP contribution in [-0.4, -0.2) is 72.4 Å². The fourth-order valence-corrected chi connectivity index (χ4v) is 5.87. The minimum Gasteiger partial charge on any atom is -0.459 e. The predicted molar refractivity (Wildman–Crippen MR) is 140 cm³/mol. The predicted octanol–water partition coefficient (Wildman–Crippen LogP) is 5.03. The number of carbonyl (C=O) groups is 3. The monoisotopic (exact) mass is 516 g/mol. The van der Waals surface area contributed by atoms with Gasteiger partial charge in [0.25, 0.3) is 0 Å². The van der Waals surface area contributed by atoms with Gasteiger partial charge in [-0.2, -0.15) is 0 Å². The van der Waals surface area contributed by atoms with E-state index < -0.39 is 26.2 Å². The van der Waals surface area contributed by atoms with Crippen molar-refractivity contribution < 1.29 is 33.3 Å². The average molecular weight is 517 g/mol. The topological polar surface area (TPSA) is 112 Å². The highest BCUT2D eigenvalue weighted by Gasteiger charge is 2.18. The molecule has 0 atom stereocenters. The van der Waals surface area contributed by atoms with Crippen LogP contribution in [0.2, 0.25) is 25.2 Å². The molecule has 0 unspecified atom stereocenters. The Morgan fingerprint density at radius 3 is 1.77 bits per heavy atom. The van der Waals surface area contributed by atoms with Crippen molar-refractivity contribution in [2.45, 2.75) is 84.0 Å². The summed E-state index contributed by atoms with van der Waals surface area (Å²) in [6.45, 7) is 14.6. The first kappa shape index (κ1) is 32.9. The molecule has 0 spiro atoms. The number of nitrogens with one attached hydrogen (secondary N) is 2. The Morgan fingerprint density at radius 2 is 1.23 bits per heavy atom. The summed E-state index contributed by atoms with van der Waals surface area (Å²) in [5, 5.41) is 5.37. The number of amides is 2. The lowest BCUT2D eigenvalue weighted by Crippen LogP contribution is -2.27. The molecule has 35 heavy (non-hydrogen) atoms. The number of esters is 1. The Morgan fingerprint density at radius 1 is 0.714 bits per heavy atom. The van der Waals surface area contributed by atoms with Crippen molar-refractivity contribution in [3.05, 3.63) is 12.2 Å². The minimum atomic E-state index is -1.07.